The third kappa shape index (κ3) is 3.51. The highest BCUT2D eigenvalue weighted by molar-refractivity contribution is 5.95. The Morgan fingerprint density at radius 1 is 1.28 bits per heavy atom. The Bertz CT molecular complexity index is 1190. The van der Waals surface area contributed by atoms with Gasteiger partial charge in [-0.3, -0.25) is 14.6 Å². The molecule has 1 saturated carbocycles. The quantitative estimate of drug-likeness (QED) is 0.707. The molecule has 29 heavy (non-hydrogen) atoms. The monoisotopic (exact) mass is 396 g/mol. The van der Waals surface area contributed by atoms with Gasteiger partial charge in [0.25, 0.3) is 5.56 Å². The lowest BCUT2D eigenvalue weighted by molar-refractivity contribution is -0.117. The van der Waals surface area contributed by atoms with Crippen molar-refractivity contribution in [1.82, 2.24) is 14.5 Å². The van der Waals surface area contributed by atoms with Gasteiger partial charge in [-0.2, -0.15) is 0 Å². The number of aromatic nitrogens is 3. The molecule has 3 aromatic rings. The lowest BCUT2D eigenvalue weighted by Crippen LogP contribution is -2.20. The second kappa shape index (κ2) is 7.04. The Balaban J connectivity index is 1.74. The number of carbonyl (C=O) groups excluding carboxylic acids is 1. The molecule has 0 aromatic carbocycles. The number of carbonyl (C=O) groups is 1. The molecule has 8 heteroatoms. The lowest BCUT2D eigenvalue weighted by atomic mass is 10.0. The van der Waals surface area contributed by atoms with Gasteiger partial charge in [-0.1, -0.05) is 0 Å². The standard InChI is InChI=1S/C21H21FN4O3/c1-10-4-17(11(2)27)23-9-15(10)13-5-12-8-24-19(7-18(12)26(3)21(13)29)25-20(28)14-6-16(14)22/h4-5,7-9,11,14,16,27H,6H2,1-3H3,(H,24,25,28)/t11-,14+,16-/m0/s1. The first kappa shape index (κ1) is 19.2. The van der Waals surface area contributed by atoms with E-state index in [-0.39, 0.29) is 17.8 Å². The van der Waals surface area contributed by atoms with Crippen LogP contribution in [0.15, 0.2) is 35.4 Å². The van der Waals surface area contributed by atoms with Crippen molar-refractivity contribution < 1.29 is 14.3 Å². The third-order valence-electron chi connectivity index (χ3n) is 5.26. The highest BCUT2D eigenvalue weighted by Gasteiger charge is 2.43. The van der Waals surface area contributed by atoms with Crippen molar-refractivity contribution in [2.45, 2.75) is 32.5 Å². The van der Waals surface area contributed by atoms with Crippen LogP contribution in [0.1, 0.15) is 30.7 Å². The van der Waals surface area contributed by atoms with Gasteiger partial charge in [0.1, 0.15) is 12.0 Å². The first-order valence-electron chi connectivity index (χ1n) is 9.36. The summed E-state index contributed by atoms with van der Waals surface area (Å²) in [6, 6.07) is 5.10. The molecule has 1 fully saturated rings. The fraction of sp³-hybridized carbons (Fsp3) is 0.333. The van der Waals surface area contributed by atoms with Crippen molar-refractivity contribution in [3.8, 4) is 11.1 Å². The minimum absolute atomic E-state index is 0.221. The van der Waals surface area contributed by atoms with Crippen LogP contribution in [-0.4, -0.2) is 31.7 Å². The van der Waals surface area contributed by atoms with Crippen molar-refractivity contribution in [3.63, 3.8) is 0 Å². The van der Waals surface area contributed by atoms with Crippen molar-refractivity contribution in [3.05, 3.63) is 52.2 Å². The average Bonchev–Trinajstić information content (AvgIpc) is 3.42. The van der Waals surface area contributed by atoms with E-state index in [1.165, 1.54) is 4.57 Å². The van der Waals surface area contributed by atoms with E-state index in [0.29, 0.717) is 27.7 Å². The molecular weight excluding hydrogens is 375 g/mol. The summed E-state index contributed by atoms with van der Waals surface area (Å²) >= 11 is 0. The van der Waals surface area contributed by atoms with Gasteiger partial charge in [0.15, 0.2) is 0 Å². The van der Waals surface area contributed by atoms with Gasteiger partial charge in [-0.05, 0) is 38.0 Å². The predicted molar refractivity (Wildman–Crippen MR) is 107 cm³/mol. The fourth-order valence-corrected chi connectivity index (χ4v) is 3.37. The van der Waals surface area contributed by atoms with Gasteiger partial charge in [0.2, 0.25) is 5.91 Å². The van der Waals surface area contributed by atoms with Crippen LogP contribution in [0, 0.1) is 12.8 Å². The molecule has 0 aliphatic heterocycles. The number of pyridine rings is 3. The summed E-state index contributed by atoms with van der Waals surface area (Å²) in [4.78, 5) is 33.4. The van der Waals surface area contributed by atoms with E-state index >= 15 is 0 Å². The Morgan fingerprint density at radius 2 is 2.00 bits per heavy atom. The number of aliphatic hydroxyl groups is 1. The van der Waals surface area contributed by atoms with Crippen LogP contribution in [-0.2, 0) is 11.8 Å². The van der Waals surface area contributed by atoms with Crippen molar-refractivity contribution >= 4 is 22.6 Å². The van der Waals surface area contributed by atoms with E-state index in [1.54, 1.807) is 44.6 Å². The molecule has 1 aliphatic rings. The van der Waals surface area contributed by atoms with Gasteiger partial charge < -0.3 is 15.0 Å². The number of nitrogens with zero attached hydrogens (tertiary/aromatic N) is 3. The van der Waals surface area contributed by atoms with E-state index in [2.05, 4.69) is 15.3 Å². The van der Waals surface area contributed by atoms with E-state index < -0.39 is 24.1 Å². The highest BCUT2D eigenvalue weighted by atomic mass is 19.1. The summed E-state index contributed by atoms with van der Waals surface area (Å²) < 4.78 is 14.5. The molecule has 3 aromatic heterocycles. The maximum atomic E-state index is 13.1. The van der Waals surface area contributed by atoms with Crippen molar-refractivity contribution in [1.29, 1.82) is 0 Å². The van der Waals surface area contributed by atoms with Gasteiger partial charge in [-0.15, -0.1) is 0 Å². The number of halogens is 1. The minimum atomic E-state index is -1.08. The molecule has 0 radical (unpaired) electrons. The van der Waals surface area contributed by atoms with Gasteiger partial charge in [0, 0.05) is 42.0 Å². The van der Waals surface area contributed by atoms with Crippen LogP contribution in [0.2, 0.25) is 0 Å². The highest BCUT2D eigenvalue weighted by Crippen LogP contribution is 2.34. The minimum Gasteiger partial charge on any atom is -0.387 e. The maximum Gasteiger partial charge on any atom is 0.258 e. The van der Waals surface area contributed by atoms with Gasteiger partial charge >= 0.3 is 0 Å². The summed E-state index contributed by atoms with van der Waals surface area (Å²) in [5, 5.41) is 13.0. The molecule has 1 amide bonds. The number of anilines is 1. The second-order valence-corrected chi connectivity index (χ2v) is 7.50. The van der Waals surface area contributed by atoms with Crippen molar-refractivity contribution in [2.24, 2.45) is 13.0 Å². The number of hydrogen-bond donors (Lipinski definition) is 2. The van der Waals surface area contributed by atoms with Gasteiger partial charge in [0.05, 0.1) is 23.2 Å². The van der Waals surface area contributed by atoms with E-state index in [9.17, 15) is 19.1 Å². The molecule has 0 saturated heterocycles. The number of aryl methyl sites for hydroxylation is 2. The SMILES string of the molecule is Cc1cc([C@H](C)O)ncc1-c1cc2cnc(NC(=O)[C@@H]3C[C@@H]3F)cc2n(C)c1=O. The maximum absolute atomic E-state index is 13.1. The molecule has 0 bridgehead atoms. The molecule has 7 nitrogen and oxygen atoms in total. The van der Waals surface area contributed by atoms with Crippen LogP contribution in [0.4, 0.5) is 10.2 Å². The Kier molecular flexibility index (Phi) is 4.66. The summed E-state index contributed by atoms with van der Waals surface area (Å²) in [7, 11) is 1.64. The summed E-state index contributed by atoms with van der Waals surface area (Å²) in [6.07, 6.45) is 1.62. The zero-order valence-electron chi connectivity index (χ0n) is 16.3. The fourth-order valence-electron chi connectivity index (χ4n) is 3.37. The molecule has 3 heterocycles. The van der Waals surface area contributed by atoms with E-state index in [4.69, 9.17) is 0 Å². The molecule has 2 N–H and O–H groups in total. The Labute approximate surface area is 166 Å². The van der Waals surface area contributed by atoms with Crippen LogP contribution in [0.3, 0.4) is 0 Å². The molecule has 0 unspecified atom stereocenters. The van der Waals surface area contributed by atoms with Crippen LogP contribution in [0.5, 0.6) is 0 Å². The number of nitrogens with one attached hydrogen (secondary N) is 1. The molecule has 1 aliphatic carbocycles. The van der Waals surface area contributed by atoms with Crippen LogP contribution < -0.4 is 10.9 Å². The zero-order valence-corrected chi connectivity index (χ0v) is 16.3. The summed E-state index contributed by atoms with van der Waals surface area (Å²) in [6.45, 7) is 3.49. The van der Waals surface area contributed by atoms with Crippen LogP contribution >= 0.6 is 0 Å². The first-order chi connectivity index (χ1) is 13.8. The smallest absolute Gasteiger partial charge is 0.258 e. The third-order valence-corrected chi connectivity index (χ3v) is 5.26. The van der Waals surface area contributed by atoms with Gasteiger partial charge in [-0.25, -0.2) is 9.37 Å². The number of fused-ring (bicyclic) bond motifs is 1. The van der Waals surface area contributed by atoms with Crippen molar-refractivity contribution in [2.75, 3.05) is 5.32 Å². The number of alkyl halides is 1. The topological polar surface area (TPSA) is 97.1 Å². The number of rotatable bonds is 4. The molecule has 0 spiro atoms. The molecule has 4 rings (SSSR count). The number of hydrogen-bond acceptors (Lipinski definition) is 5. The van der Waals surface area contributed by atoms with E-state index in [0.717, 1.165) is 5.56 Å². The second-order valence-electron chi connectivity index (χ2n) is 7.50. The number of aliphatic hydroxyl groups excluding tert-OH is 1. The molecule has 3 atom stereocenters. The van der Waals surface area contributed by atoms with E-state index in [1.807, 2.05) is 6.92 Å². The lowest BCUT2D eigenvalue weighted by Gasteiger charge is -2.13. The largest absolute Gasteiger partial charge is 0.387 e. The summed E-state index contributed by atoms with van der Waals surface area (Å²) in [5.74, 6) is -0.729. The normalized spacial score (nSPS) is 19.2. The zero-order chi connectivity index (χ0) is 20.9. The average molecular weight is 396 g/mol. The predicted octanol–water partition coefficient (Wildman–Crippen LogP) is 2.65. The Morgan fingerprint density at radius 3 is 2.62 bits per heavy atom. The number of amides is 1. The Hall–Kier alpha value is -3.13. The molecular formula is C21H21FN4O3. The first-order valence-corrected chi connectivity index (χ1v) is 9.36. The van der Waals surface area contributed by atoms with Crippen LogP contribution in [0.25, 0.3) is 22.0 Å². The molecule has 150 valence electrons. The summed E-state index contributed by atoms with van der Waals surface area (Å²) in [5.41, 5.74) is 2.90.